The lowest BCUT2D eigenvalue weighted by molar-refractivity contribution is 0.320. The smallest absolute Gasteiger partial charge is 0.266 e. The average Bonchev–Trinajstić information content (AvgIpc) is 2.44. The van der Waals surface area contributed by atoms with Gasteiger partial charge in [0.05, 0.1) is 11.5 Å². The standard InChI is InChI=1S/C16H21ClO3S/c1-14(6-4-3-5-12-17)11-13-20-21(18,19)16-9-7-15(2)8-10-16/h3,5,7-10H,1,4,6,11-13H2,2H3/b5-3-. The van der Waals surface area contributed by atoms with Crippen molar-refractivity contribution in [2.45, 2.75) is 31.1 Å². The SMILES string of the molecule is C=C(CC/C=C\CCl)CCOS(=O)(=O)c1ccc(C)cc1. The van der Waals surface area contributed by atoms with E-state index in [-0.39, 0.29) is 11.5 Å². The van der Waals surface area contributed by atoms with Crippen LogP contribution in [0.4, 0.5) is 0 Å². The molecule has 0 radical (unpaired) electrons. The van der Waals surface area contributed by atoms with Crippen LogP contribution < -0.4 is 0 Å². The van der Waals surface area contributed by atoms with Crippen molar-refractivity contribution in [2.24, 2.45) is 0 Å². The van der Waals surface area contributed by atoms with Gasteiger partial charge in [-0.05, 0) is 38.3 Å². The Balaban J connectivity index is 2.39. The molecule has 5 heteroatoms. The molecule has 0 heterocycles. The lowest BCUT2D eigenvalue weighted by Crippen LogP contribution is -2.08. The Morgan fingerprint density at radius 3 is 2.52 bits per heavy atom. The summed E-state index contributed by atoms with van der Waals surface area (Å²) in [5.41, 5.74) is 1.97. The molecule has 0 saturated carbocycles. The maximum Gasteiger partial charge on any atom is 0.296 e. The molecule has 0 unspecified atom stereocenters. The van der Waals surface area contributed by atoms with Crippen molar-refractivity contribution in [3.8, 4) is 0 Å². The lowest BCUT2D eigenvalue weighted by Gasteiger charge is -2.07. The van der Waals surface area contributed by atoms with Crippen molar-refractivity contribution in [1.29, 1.82) is 0 Å². The van der Waals surface area contributed by atoms with Crippen LogP contribution >= 0.6 is 11.6 Å². The Morgan fingerprint density at radius 2 is 1.90 bits per heavy atom. The van der Waals surface area contributed by atoms with Gasteiger partial charge in [-0.15, -0.1) is 11.6 Å². The van der Waals surface area contributed by atoms with Crippen LogP contribution in [-0.2, 0) is 14.3 Å². The molecular weight excluding hydrogens is 308 g/mol. The van der Waals surface area contributed by atoms with E-state index < -0.39 is 10.1 Å². The first-order valence-corrected chi connectivity index (χ1v) is 8.73. The van der Waals surface area contributed by atoms with E-state index >= 15 is 0 Å². The summed E-state index contributed by atoms with van der Waals surface area (Å²) in [5.74, 6) is 0.504. The molecule has 1 rings (SSSR count). The van der Waals surface area contributed by atoms with E-state index in [4.69, 9.17) is 15.8 Å². The first-order chi connectivity index (χ1) is 9.95. The molecule has 0 bridgehead atoms. The van der Waals surface area contributed by atoms with E-state index in [1.807, 2.05) is 19.1 Å². The topological polar surface area (TPSA) is 43.4 Å². The average molecular weight is 329 g/mol. The van der Waals surface area contributed by atoms with Gasteiger partial charge in [0.25, 0.3) is 10.1 Å². The summed E-state index contributed by atoms with van der Waals surface area (Å²) in [6.07, 6.45) is 6.06. The summed E-state index contributed by atoms with van der Waals surface area (Å²) < 4.78 is 28.9. The van der Waals surface area contributed by atoms with E-state index in [1.54, 1.807) is 24.3 Å². The Hall–Kier alpha value is -1.10. The van der Waals surface area contributed by atoms with Gasteiger partial charge in [0.1, 0.15) is 0 Å². The Morgan fingerprint density at radius 1 is 1.24 bits per heavy atom. The van der Waals surface area contributed by atoms with Gasteiger partial charge in [0.2, 0.25) is 0 Å². The van der Waals surface area contributed by atoms with Crippen LogP contribution in [0.2, 0.25) is 0 Å². The molecule has 0 aliphatic rings. The number of hydrogen-bond donors (Lipinski definition) is 0. The van der Waals surface area contributed by atoms with Crippen LogP contribution in [0.1, 0.15) is 24.8 Å². The second kappa shape index (κ2) is 9.03. The van der Waals surface area contributed by atoms with E-state index in [9.17, 15) is 8.42 Å². The van der Waals surface area contributed by atoms with Crippen LogP contribution in [-0.4, -0.2) is 20.9 Å². The van der Waals surface area contributed by atoms with Gasteiger partial charge in [-0.1, -0.05) is 42.0 Å². The number of aryl methyl sites for hydroxylation is 1. The molecule has 0 aromatic heterocycles. The minimum Gasteiger partial charge on any atom is -0.266 e. The van der Waals surface area contributed by atoms with Crippen LogP contribution in [0.15, 0.2) is 53.5 Å². The third kappa shape index (κ3) is 6.93. The maximum atomic E-state index is 11.9. The van der Waals surface area contributed by atoms with E-state index in [0.29, 0.717) is 12.3 Å². The predicted molar refractivity (Wildman–Crippen MR) is 87.2 cm³/mol. The highest BCUT2D eigenvalue weighted by Gasteiger charge is 2.14. The first-order valence-electron chi connectivity index (χ1n) is 6.79. The monoisotopic (exact) mass is 328 g/mol. The molecule has 0 aliphatic heterocycles. The van der Waals surface area contributed by atoms with Crippen molar-refractivity contribution >= 4 is 21.7 Å². The summed E-state index contributed by atoms with van der Waals surface area (Å²) in [7, 11) is -3.67. The molecule has 21 heavy (non-hydrogen) atoms. The number of allylic oxidation sites excluding steroid dienone is 2. The van der Waals surface area contributed by atoms with Crippen LogP contribution in [0, 0.1) is 6.92 Å². The lowest BCUT2D eigenvalue weighted by atomic mass is 10.1. The predicted octanol–water partition coefficient (Wildman–Crippen LogP) is 4.22. The van der Waals surface area contributed by atoms with Gasteiger partial charge >= 0.3 is 0 Å². The normalized spacial score (nSPS) is 11.9. The molecular formula is C16H21ClO3S. The zero-order valence-electron chi connectivity index (χ0n) is 12.2. The molecule has 0 saturated heterocycles. The third-order valence-electron chi connectivity index (χ3n) is 2.92. The molecule has 0 atom stereocenters. The van der Waals surface area contributed by atoms with Crippen LogP contribution in [0.3, 0.4) is 0 Å². The van der Waals surface area contributed by atoms with Crippen molar-refractivity contribution in [3.63, 3.8) is 0 Å². The highest BCUT2D eigenvalue weighted by molar-refractivity contribution is 7.86. The second-order valence-electron chi connectivity index (χ2n) is 4.75. The van der Waals surface area contributed by atoms with Gasteiger partial charge < -0.3 is 0 Å². The number of hydrogen-bond acceptors (Lipinski definition) is 3. The van der Waals surface area contributed by atoms with Gasteiger partial charge in [0.15, 0.2) is 0 Å². The van der Waals surface area contributed by atoms with Gasteiger partial charge in [-0.2, -0.15) is 8.42 Å². The number of alkyl halides is 1. The minimum atomic E-state index is -3.67. The Bertz CT molecular complexity index is 574. The summed E-state index contributed by atoms with van der Waals surface area (Å²) in [5, 5.41) is 0. The van der Waals surface area contributed by atoms with Gasteiger partial charge in [-0.3, -0.25) is 4.18 Å². The highest BCUT2D eigenvalue weighted by Crippen LogP contribution is 2.15. The van der Waals surface area contributed by atoms with Gasteiger partial charge in [0, 0.05) is 5.88 Å². The van der Waals surface area contributed by atoms with E-state index in [0.717, 1.165) is 24.0 Å². The Kier molecular flexibility index (Phi) is 7.72. The van der Waals surface area contributed by atoms with Crippen molar-refractivity contribution < 1.29 is 12.6 Å². The molecule has 0 spiro atoms. The molecule has 1 aromatic rings. The molecule has 0 fully saturated rings. The summed E-state index contributed by atoms with van der Waals surface area (Å²) in [6.45, 7) is 5.94. The summed E-state index contributed by atoms with van der Waals surface area (Å²) >= 11 is 5.52. The molecule has 0 aliphatic carbocycles. The van der Waals surface area contributed by atoms with E-state index in [1.165, 1.54) is 0 Å². The molecule has 3 nitrogen and oxygen atoms in total. The van der Waals surface area contributed by atoms with Crippen LogP contribution in [0.5, 0.6) is 0 Å². The quantitative estimate of drug-likeness (QED) is 0.387. The van der Waals surface area contributed by atoms with Gasteiger partial charge in [-0.25, -0.2) is 0 Å². The van der Waals surface area contributed by atoms with Crippen molar-refractivity contribution in [1.82, 2.24) is 0 Å². The fraction of sp³-hybridized carbons (Fsp3) is 0.375. The fourth-order valence-corrected chi connectivity index (χ4v) is 2.70. The number of rotatable bonds is 9. The first kappa shape index (κ1) is 18.0. The zero-order chi connectivity index (χ0) is 15.7. The number of halogens is 1. The zero-order valence-corrected chi connectivity index (χ0v) is 13.8. The molecule has 0 amide bonds. The fourth-order valence-electron chi connectivity index (χ4n) is 1.66. The third-order valence-corrected chi connectivity index (χ3v) is 4.43. The largest absolute Gasteiger partial charge is 0.296 e. The van der Waals surface area contributed by atoms with Crippen molar-refractivity contribution in [2.75, 3.05) is 12.5 Å². The minimum absolute atomic E-state index is 0.119. The second-order valence-corrected chi connectivity index (χ2v) is 6.68. The molecule has 1 aromatic carbocycles. The highest BCUT2D eigenvalue weighted by atomic mass is 35.5. The summed E-state index contributed by atoms with van der Waals surface area (Å²) in [4.78, 5) is 0.184. The Labute approximate surface area is 132 Å². The molecule has 0 N–H and O–H groups in total. The molecule has 116 valence electrons. The van der Waals surface area contributed by atoms with Crippen molar-refractivity contribution in [3.05, 3.63) is 54.1 Å². The number of benzene rings is 1. The maximum absolute atomic E-state index is 11.9. The van der Waals surface area contributed by atoms with E-state index in [2.05, 4.69) is 6.58 Å². The van der Waals surface area contributed by atoms with Crippen LogP contribution in [0.25, 0.3) is 0 Å². The summed E-state index contributed by atoms with van der Waals surface area (Å²) in [6, 6.07) is 6.60.